The van der Waals surface area contributed by atoms with Crippen LogP contribution in [0.3, 0.4) is 0 Å². The summed E-state index contributed by atoms with van der Waals surface area (Å²) in [6, 6.07) is 13.0. The van der Waals surface area contributed by atoms with Crippen LogP contribution in [0.25, 0.3) is 11.1 Å². The van der Waals surface area contributed by atoms with Gasteiger partial charge in [-0.15, -0.1) is 0 Å². The second-order valence-corrected chi connectivity index (χ2v) is 12.5. The van der Waals surface area contributed by atoms with Gasteiger partial charge in [0, 0.05) is 31.6 Å². The van der Waals surface area contributed by atoms with E-state index in [0.717, 1.165) is 42.6 Å². The van der Waals surface area contributed by atoms with Crippen LogP contribution in [0.5, 0.6) is 5.75 Å². The third-order valence-corrected chi connectivity index (χ3v) is 9.59. The maximum atomic E-state index is 13.7. The molecule has 0 aliphatic carbocycles. The van der Waals surface area contributed by atoms with E-state index in [1.807, 2.05) is 36.4 Å². The molecule has 4 aliphatic rings. The molecule has 0 saturated carbocycles. The van der Waals surface area contributed by atoms with Crippen molar-refractivity contribution in [1.82, 2.24) is 20.4 Å². The zero-order valence-corrected chi connectivity index (χ0v) is 24.9. The quantitative estimate of drug-likeness (QED) is 0.427. The minimum Gasteiger partial charge on any atom is -0.493 e. The van der Waals surface area contributed by atoms with E-state index in [1.54, 1.807) is 6.07 Å². The third-order valence-electron chi connectivity index (χ3n) is 9.59. The topological polar surface area (TPSA) is 124 Å². The summed E-state index contributed by atoms with van der Waals surface area (Å²) in [7, 11) is 2.12. The zero-order chi connectivity index (χ0) is 29.9. The maximum absolute atomic E-state index is 13.7. The first-order valence-corrected chi connectivity index (χ1v) is 15.7. The monoisotopic (exact) mass is 592 g/mol. The van der Waals surface area contributed by atoms with Crippen LogP contribution in [0.4, 0.5) is 0 Å². The number of nitrogens with zero attached hydrogens (tertiary/aromatic N) is 2. The largest absolute Gasteiger partial charge is 0.493 e. The number of fused-ring (bicyclic) bond motifs is 5. The Balaban J connectivity index is 1.28. The molecule has 4 aliphatic heterocycles. The van der Waals surface area contributed by atoms with Crippen molar-refractivity contribution in [2.75, 3.05) is 39.8 Å². The molecule has 4 heterocycles. The standard InChI is InChI=1S/C33H44N4O6/c1-36-13-10-25(11-14-36)37-19-24-17-28(37)33(41)34-18-31-29(39)9-7-26(43-31)12-15-42-30-16-23(6-8-27(30)32(40)35-24)22-4-2-21(20-38)3-5-22/h2-6,8,16,24-26,28-29,31,38-39H,7,9-15,17-20H2,1H3,(H,34,41)(H,35,40)/t24-,26-,28-,29-,31+/m0/s1. The van der Waals surface area contributed by atoms with Crippen LogP contribution in [0.1, 0.15) is 54.4 Å². The van der Waals surface area contributed by atoms with E-state index in [-0.39, 0.29) is 49.2 Å². The van der Waals surface area contributed by atoms with Crippen molar-refractivity contribution in [1.29, 1.82) is 0 Å². The molecule has 0 spiro atoms. The summed E-state index contributed by atoms with van der Waals surface area (Å²) >= 11 is 0. The second kappa shape index (κ2) is 13.3. The third kappa shape index (κ3) is 6.89. The average Bonchev–Trinajstić information content (AvgIpc) is 3.44. The Morgan fingerprint density at radius 2 is 1.74 bits per heavy atom. The van der Waals surface area contributed by atoms with Gasteiger partial charge in [0.1, 0.15) is 11.9 Å². The van der Waals surface area contributed by atoms with Gasteiger partial charge in [0.25, 0.3) is 5.91 Å². The van der Waals surface area contributed by atoms with Crippen LogP contribution in [0, 0.1) is 0 Å². The molecular formula is C33H44N4O6. The van der Waals surface area contributed by atoms with E-state index in [2.05, 4.69) is 27.5 Å². The van der Waals surface area contributed by atoms with Gasteiger partial charge in [-0.1, -0.05) is 30.3 Å². The fourth-order valence-electron chi connectivity index (χ4n) is 6.99. The van der Waals surface area contributed by atoms with Gasteiger partial charge in [-0.2, -0.15) is 0 Å². The van der Waals surface area contributed by atoms with E-state index >= 15 is 0 Å². The number of hydrogen-bond acceptors (Lipinski definition) is 8. The Morgan fingerprint density at radius 3 is 2.51 bits per heavy atom. The molecule has 43 heavy (non-hydrogen) atoms. The lowest BCUT2D eigenvalue weighted by atomic mass is 9.99. The Bertz CT molecular complexity index is 1280. The Labute approximate surface area is 253 Å². The maximum Gasteiger partial charge on any atom is 0.255 e. The number of benzene rings is 2. The predicted molar refractivity (Wildman–Crippen MR) is 162 cm³/mol. The highest BCUT2D eigenvalue weighted by Gasteiger charge is 2.42. The molecule has 0 aromatic heterocycles. The molecule has 3 saturated heterocycles. The highest BCUT2D eigenvalue weighted by atomic mass is 16.5. The number of aliphatic hydroxyl groups is 2. The number of likely N-dealkylation sites (tertiary alicyclic amines) is 2. The van der Waals surface area contributed by atoms with Crippen molar-refractivity contribution in [2.24, 2.45) is 0 Å². The van der Waals surface area contributed by atoms with Gasteiger partial charge in [0.05, 0.1) is 37.0 Å². The molecular weight excluding hydrogens is 548 g/mol. The summed E-state index contributed by atoms with van der Waals surface area (Å²) in [4.78, 5) is 31.9. The molecule has 232 valence electrons. The lowest BCUT2D eigenvalue weighted by Crippen LogP contribution is -2.53. The van der Waals surface area contributed by atoms with Gasteiger partial charge in [0.2, 0.25) is 5.91 Å². The molecule has 5 atom stereocenters. The van der Waals surface area contributed by atoms with Gasteiger partial charge < -0.3 is 35.2 Å². The van der Waals surface area contributed by atoms with Gasteiger partial charge in [-0.3, -0.25) is 14.5 Å². The van der Waals surface area contributed by atoms with Crippen molar-refractivity contribution >= 4 is 11.8 Å². The molecule has 10 heteroatoms. The molecule has 0 radical (unpaired) electrons. The number of hydrogen-bond donors (Lipinski definition) is 4. The first-order valence-electron chi connectivity index (χ1n) is 15.7. The number of piperidine rings is 1. The van der Waals surface area contributed by atoms with Crippen molar-refractivity contribution < 1.29 is 29.3 Å². The van der Waals surface area contributed by atoms with Crippen molar-refractivity contribution in [3.8, 4) is 16.9 Å². The SMILES string of the molecule is CN1CCC(N2C[C@@H]3C[C@H]2C(=O)NC[C@H]2O[C@H](CCOc4cc(-c5ccc(CO)cc5)ccc4C(=O)N3)CC[C@@H]2O)CC1. The fourth-order valence-corrected chi connectivity index (χ4v) is 6.99. The summed E-state index contributed by atoms with van der Waals surface area (Å²) in [5, 5.41) is 26.4. The van der Waals surface area contributed by atoms with Gasteiger partial charge >= 0.3 is 0 Å². The summed E-state index contributed by atoms with van der Waals surface area (Å²) in [6.07, 6.45) is 3.17. The molecule has 10 nitrogen and oxygen atoms in total. The van der Waals surface area contributed by atoms with Crippen LogP contribution in [0.2, 0.25) is 0 Å². The number of ether oxygens (including phenoxy) is 2. The van der Waals surface area contributed by atoms with Crippen LogP contribution in [0.15, 0.2) is 42.5 Å². The highest BCUT2D eigenvalue weighted by molar-refractivity contribution is 5.98. The minimum absolute atomic E-state index is 0.0201. The number of amides is 2. The Hall–Kier alpha value is -3.02. The van der Waals surface area contributed by atoms with Crippen LogP contribution in [-0.4, -0.2) is 108 Å². The fraction of sp³-hybridized carbons (Fsp3) is 0.576. The lowest BCUT2D eigenvalue weighted by Gasteiger charge is -2.38. The first-order chi connectivity index (χ1) is 20.9. The molecule has 4 bridgehead atoms. The molecule has 0 unspecified atom stereocenters. The van der Waals surface area contributed by atoms with Gasteiger partial charge in [-0.25, -0.2) is 0 Å². The van der Waals surface area contributed by atoms with E-state index < -0.39 is 12.2 Å². The predicted octanol–water partition coefficient (Wildman–Crippen LogP) is 1.92. The summed E-state index contributed by atoms with van der Waals surface area (Å²) in [5.41, 5.74) is 3.16. The normalized spacial score (nSPS) is 29.8. The first kappa shape index (κ1) is 30.0. The molecule has 2 aromatic rings. The molecule has 2 amide bonds. The summed E-state index contributed by atoms with van der Waals surface area (Å²) < 4.78 is 12.5. The van der Waals surface area contributed by atoms with Crippen LogP contribution < -0.4 is 15.4 Å². The van der Waals surface area contributed by atoms with Gasteiger partial charge in [0.15, 0.2) is 0 Å². The highest BCUT2D eigenvalue weighted by Crippen LogP contribution is 2.31. The average molecular weight is 593 g/mol. The molecule has 2 aromatic carbocycles. The molecule has 3 fully saturated rings. The Kier molecular flexibility index (Phi) is 9.30. The van der Waals surface area contributed by atoms with Crippen molar-refractivity contribution in [2.45, 2.75) is 81.6 Å². The zero-order valence-electron chi connectivity index (χ0n) is 24.9. The van der Waals surface area contributed by atoms with E-state index in [4.69, 9.17) is 9.47 Å². The van der Waals surface area contributed by atoms with Crippen molar-refractivity contribution in [3.05, 3.63) is 53.6 Å². The number of carbonyl (C=O) groups excluding carboxylic acids is 2. The second-order valence-electron chi connectivity index (χ2n) is 12.5. The molecule has 4 N–H and O–H groups in total. The lowest BCUT2D eigenvalue weighted by molar-refractivity contribution is -0.134. The molecule has 6 rings (SSSR count). The number of aliphatic hydroxyl groups excluding tert-OH is 2. The number of carbonyl (C=O) groups is 2. The smallest absolute Gasteiger partial charge is 0.255 e. The van der Waals surface area contributed by atoms with Crippen LogP contribution in [-0.2, 0) is 16.1 Å². The summed E-state index contributed by atoms with van der Waals surface area (Å²) in [5.74, 6) is 0.220. The van der Waals surface area contributed by atoms with Crippen LogP contribution >= 0.6 is 0 Å². The van der Waals surface area contributed by atoms with Gasteiger partial charge in [-0.05, 0) is 81.1 Å². The minimum atomic E-state index is -0.627. The van der Waals surface area contributed by atoms with E-state index in [0.29, 0.717) is 50.1 Å². The van der Waals surface area contributed by atoms with Crippen molar-refractivity contribution in [3.63, 3.8) is 0 Å². The Morgan fingerprint density at radius 1 is 0.977 bits per heavy atom. The number of rotatable bonds is 3. The van der Waals surface area contributed by atoms with E-state index in [9.17, 15) is 19.8 Å². The summed E-state index contributed by atoms with van der Waals surface area (Å²) in [6.45, 7) is 3.15. The van der Waals surface area contributed by atoms with E-state index in [1.165, 1.54) is 0 Å². The number of nitrogens with one attached hydrogen (secondary N) is 2.